The number of rotatable bonds is 5. The molecule has 2 nitrogen and oxygen atoms in total. The van der Waals surface area contributed by atoms with Gasteiger partial charge in [-0.15, -0.1) is 0 Å². The molecule has 0 saturated heterocycles. The highest BCUT2D eigenvalue weighted by Gasteiger charge is 2.30. The Morgan fingerprint density at radius 1 is 0.600 bits per heavy atom. The highest BCUT2D eigenvalue weighted by Crippen LogP contribution is 2.27. The lowest BCUT2D eigenvalue weighted by molar-refractivity contribution is 0.319. The van der Waals surface area contributed by atoms with Crippen LogP contribution in [0.5, 0.6) is 0 Å². The monoisotopic (exact) mass is 296 g/mol. The molecule has 0 aliphatic heterocycles. The van der Waals surface area contributed by atoms with E-state index in [9.17, 15) is 22.0 Å². The van der Waals surface area contributed by atoms with Gasteiger partial charge in [0.05, 0.1) is 11.7 Å². The van der Waals surface area contributed by atoms with Crippen molar-refractivity contribution in [3.63, 3.8) is 0 Å². The predicted molar refractivity (Wildman–Crippen MR) is 65.5 cm³/mol. The Hall–Kier alpha value is -1.21. The van der Waals surface area contributed by atoms with Crippen molar-refractivity contribution in [2.45, 2.75) is 45.9 Å². The minimum Gasteiger partial charge on any atom is -0.296 e. The van der Waals surface area contributed by atoms with Gasteiger partial charge in [0.2, 0.25) is 5.82 Å². The molecular formula is C13H17F5N2. The second-order valence-electron chi connectivity index (χ2n) is 5.06. The Bertz CT molecular complexity index is 449. The summed E-state index contributed by atoms with van der Waals surface area (Å²) in [6.45, 7) is 6.78. The fourth-order valence-corrected chi connectivity index (χ4v) is 1.76. The second kappa shape index (κ2) is 6.49. The molecule has 0 spiro atoms. The van der Waals surface area contributed by atoms with Gasteiger partial charge in [0.1, 0.15) is 0 Å². The lowest BCUT2D eigenvalue weighted by Crippen LogP contribution is -2.42. The summed E-state index contributed by atoms with van der Waals surface area (Å²) in [5, 5.41) is 5.47. The van der Waals surface area contributed by atoms with Gasteiger partial charge in [0.25, 0.3) is 0 Å². The van der Waals surface area contributed by atoms with E-state index in [1.165, 1.54) is 0 Å². The molecule has 0 fully saturated rings. The first-order valence-corrected chi connectivity index (χ1v) is 6.20. The van der Waals surface area contributed by atoms with Crippen molar-refractivity contribution in [1.82, 2.24) is 10.6 Å². The van der Waals surface area contributed by atoms with E-state index in [1.54, 1.807) is 27.7 Å². The molecule has 7 heteroatoms. The number of nitrogens with one attached hydrogen (secondary N) is 2. The number of hydrogen-bond donors (Lipinski definition) is 2. The number of hydrogen-bond acceptors (Lipinski definition) is 2. The highest BCUT2D eigenvalue weighted by molar-refractivity contribution is 5.27. The molecule has 1 aromatic carbocycles. The first kappa shape index (κ1) is 16.8. The maximum atomic E-state index is 13.8. The van der Waals surface area contributed by atoms with Crippen LogP contribution in [0.3, 0.4) is 0 Å². The van der Waals surface area contributed by atoms with Crippen molar-refractivity contribution in [2.24, 2.45) is 0 Å². The van der Waals surface area contributed by atoms with Gasteiger partial charge in [0.15, 0.2) is 23.3 Å². The summed E-state index contributed by atoms with van der Waals surface area (Å²) in [6, 6.07) is -0.442. The van der Waals surface area contributed by atoms with Crippen LogP contribution in [-0.2, 0) is 0 Å². The number of benzene rings is 1. The lowest BCUT2D eigenvalue weighted by Gasteiger charge is -2.26. The van der Waals surface area contributed by atoms with Crippen molar-refractivity contribution in [2.75, 3.05) is 0 Å². The molecule has 0 aromatic heterocycles. The molecular weight excluding hydrogens is 279 g/mol. The van der Waals surface area contributed by atoms with Crippen LogP contribution in [0.1, 0.15) is 39.4 Å². The van der Waals surface area contributed by atoms with Crippen molar-refractivity contribution in [3.8, 4) is 0 Å². The summed E-state index contributed by atoms with van der Waals surface area (Å²) in [5.74, 6) is -9.70. The van der Waals surface area contributed by atoms with E-state index in [0.29, 0.717) is 0 Å². The van der Waals surface area contributed by atoms with E-state index in [4.69, 9.17) is 0 Å². The fourth-order valence-electron chi connectivity index (χ4n) is 1.76. The molecule has 2 N–H and O–H groups in total. The van der Waals surface area contributed by atoms with Gasteiger partial charge in [-0.3, -0.25) is 10.6 Å². The highest BCUT2D eigenvalue weighted by atomic mass is 19.2. The zero-order chi connectivity index (χ0) is 15.6. The Balaban J connectivity index is 3.39. The Kier molecular flexibility index (Phi) is 5.47. The summed E-state index contributed by atoms with van der Waals surface area (Å²) in [7, 11) is 0. The third-order valence-electron chi connectivity index (χ3n) is 2.53. The maximum Gasteiger partial charge on any atom is 0.200 e. The van der Waals surface area contributed by atoms with Crippen LogP contribution in [0.25, 0.3) is 0 Å². The molecule has 0 aliphatic rings. The summed E-state index contributed by atoms with van der Waals surface area (Å²) < 4.78 is 67.0. The average molecular weight is 296 g/mol. The Morgan fingerprint density at radius 2 is 0.900 bits per heavy atom. The molecule has 0 amide bonds. The van der Waals surface area contributed by atoms with Crippen molar-refractivity contribution < 1.29 is 22.0 Å². The minimum absolute atomic E-state index is 0.221. The Morgan fingerprint density at radius 3 is 1.20 bits per heavy atom. The third-order valence-corrected chi connectivity index (χ3v) is 2.53. The topological polar surface area (TPSA) is 24.1 Å². The van der Waals surface area contributed by atoms with Crippen LogP contribution in [0.4, 0.5) is 22.0 Å². The van der Waals surface area contributed by atoms with Crippen molar-refractivity contribution >= 4 is 0 Å². The molecule has 0 aliphatic carbocycles. The average Bonchev–Trinajstić information content (AvgIpc) is 2.32. The van der Waals surface area contributed by atoms with Gasteiger partial charge in [-0.2, -0.15) is 0 Å². The standard InChI is InChI=1S/C13H17F5N2/c1-5(2)19-13(20-6(3)4)7-8(14)10(16)12(18)11(17)9(7)15/h5-6,13,19-20H,1-4H3. The fraction of sp³-hybridized carbons (Fsp3) is 0.538. The molecule has 114 valence electrons. The Labute approximate surface area is 114 Å². The van der Waals surface area contributed by atoms with Gasteiger partial charge in [-0.1, -0.05) is 0 Å². The van der Waals surface area contributed by atoms with Gasteiger partial charge in [-0.25, -0.2) is 22.0 Å². The summed E-state index contributed by atoms with van der Waals surface area (Å²) in [5.41, 5.74) is -0.899. The van der Waals surface area contributed by atoms with Crippen LogP contribution >= 0.6 is 0 Å². The summed E-state index contributed by atoms with van der Waals surface area (Å²) in [6.07, 6.45) is -1.18. The third kappa shape index (κ3) is 3.46. The molecule has 20 heavy (non-hydrogen) atoms. The van der Waals surface area contributed by atoms with E-state index < -0.39 is 40.8 Å². The van der Waals surface area contributed by atoms with Gasteiger partial charge in [-0.05, 0) is 27.7 Å². The first-order valence-electron chi connectivity index (χ1n) is 6.20. The van der Waals surface area contributed by atoms with E-state index in [-0.39, 0.29) is 12.1 Å². The zero-order valence-electron chi connectivity index (χ0n) is 11.6. The van der Waals surface area contributed by atoms with Crippen LogP contribution in [0.2, 0.25) is 0 Å². The van der Waals surface area contributed by atoms with Crippen LogP contribution in [0, 0.1) is 29.1 Å². The van der Waals surface area contributed by atoms with Crippen LogP contribution in [0.15, 0.2) is 0 Å². The quantitative estimate of drug-likeness (QED) is 0.377. The second-order valence-corrected chi connectivity index (χ2v) is 5.06. The van der Waals surface area contributed by atoms with Crippen molar-refractivity contribution in [3.05, 3.63) is 34.6 Å². The summed E-state index contributed by atoms with van der Waals surface area (Å²) >= 11 is 0. The molecule has 1 aromatic rings. The molecule has 0 saturated carbocycles. The van der Waals surface area contributed by atoms with Crippen LogP contribution in [-0.4, -0.2) is 12.1 Å². The van der Waals surface area contributed by atoms with Gasteiger partial charge in [0, 0.05) is 12.1 Å². The molecule has 0 bridgehead atoms. The van der Waals surface area contributed by atoms with Crippen LogP contribution < -0.4 is 10.6 Å². The normalized spacial score (nSPS) is 12.0. The largest absolute Gasteiger partial charge is 0.296 e. The molecule has 0 unspecified atom stereocenters. The van der Waals surface area contributed by atoms with E-state index in [1.807, 2.05) is 0 Å². The smallest absolute Gasteiger partial charge is 0.200 e. The van der Waals surface area contributed by atoms with Gasteiger partial charge >= 0.3 is 0 Å². The lowest BCUT2D eigenvalue weighted by atomic mass is 10.1. The van der Waals surface area contributed by atoms with Crippen molar-refractivity contribution in [1.29, 1.82) is 0 Å². The van der Waals surface area contributed by atoms with Gasteiger partial charge < -0.3 is 0 Å². The SMILES string of the molecule is CC(C)NC(NC(C)C)c1c(F)c(F)c(F)c(F)c1F. The summed E-state index contributed by atoms with van der Waals surface area (Å²) in [4.78, 5) is 0. The molecule has 0 radical (unpaired) electrons. The molecule has 1 rings (SSSR count). The zero-order valence-corrected chi connectivity index (χ0v) is 11.6. The van der Waals surface area contributed by atoms with E-state index >= 15 is 0 Å². The maximum absolute atomic E-state index is 13.8. The van der Waals surface area contributed by atoms with E-state index in [2.05, 4.69) is 10.6 Å². The first-order chi connectivity index (χ1) is 9.16. The number of halogens is 5. The molecule has 0 heterocycles. The minimum atomic E-state index is -2.16. The molecule has 0 atom stereocenters. The van der Waals surface area contributed by atoms with E-state index in [0.717, 1.165) is 0 Å². The predicted octanol–water partition coefficient (Wildman–Crippen LogP) is 3.38.